The number of carbonyl (C=O) groups excluding carboxylic acids is 2. The van der Waals surface area contributed by atoms with Gasteiger partial charge in [0.05, 0.1) is 6.20 Å². The lowest BCUT2D eigenvalue weighted by Crippen LogP contribution is -2.51. The molecule has 21 heavy (non-hydrogen) atoms. The first-order valence-corrected chi connectivity index (χ1v) is 6.95. The van der Waals surface area contributed by atoms with E-state index in [1.54, 1.807) is 4.90 Å². The van der Waals surface area contributed by atoms with Crippen molar-refractivity contribution in [3.05, 3.63) is 29.8 Å². The summed E-state index contributed by atoms with van der Waals surface area (Å²) in [7, 11) is 0. The van der Waals surface area contributed by atoms with Gasteiger partial charge in [-0.2, -0.15) is 0 Å². The Labute approximate surface area is 123 Å². The third-order valence-electron chi connectivity index (χ3n) is 3.47. The summed E-state index contributed by atoms with van der Waals surface area (Å²) >= 11 is 0. The van der Waals surface area contributed by atoms with Crippen LogP contribution in [-0.2, 0) is 16.1 Å². The van der Waals surface area contributed by atoms with Crippen LogP contribution in [0.3, 0.4) is 0 Å². The molecule has 114 valence electrons. The van der Waals surface area contributed by atoms with E-state index in [9.17, 15) is 14.0 Å². The number of nitrogens with zero attached hydrogens (tertiary/aromatic N) is 2. The molecule has 1 aliphatic rings. The normalized spacial score (nSPS) is 20.2. The number of hydrogen-bond acceptors (Lipinski definition) is 3. The number of carbonyl (C=O) groups is 2. The second-order valence-corrected chi connectivity index (χ2v) is 6.39. The minimum absolute atomic E-state index is 0.136. The van der Waals surface area contributed by atoms with E-state index in [2.05, 4.69) is 10.3 Å². The molecule has 1 aliphatic heterocycles. The van der Waals surface area contributed by atoms with Gasteiger partial charge in [0.15, 0.2) is 0 Å². The van der Waals surface area contributed by atoms with Gasteiger partial charge >= 0.3 is 0 Å². The molecule has 1 aromatic rings. The fourth-order valence-electron chi connectivity index (χ4n) is 2.33. The van der Waals surface area contributed by atoms with Crippen LogP contribution < -0.4 is 5.32 Å². The molecule has 1 aromatic heterocycles. The number of aromatic nitrogens is 1. The lowest BCUT2D eigenvalue weighted by molar-refractivity contribution is -0.136. The highest BCUT2D eigenvalue weighted by Crippen LogP contribution is 2.23. The molecular formula is C15H20FN3O2. The summed E-state index contributed by atoms with van der Waals surface area (Å²) < 4.78 is 13.2. The number of amides is 2. The van der Waals surface area contributed by atoms with E-state index >= 15 is 0 Å². The molecule has 2 amide bonds. The topological polar surface area (TPSA) is 62.3 Å². The van der Waals surface area contributed by atoms with E-state index in [1.165, 1.54) is 12.3 Å². The highest BCUT2D eigenvalue weighted by molar-refractivity contribution is 5.90. The van der Waals surface area contributed by atoms with E-state index in [4.69, 9.17) is 0 Å². The van der Waals surface area contributed by atoms with Gasteiger partial charge in [0, 0.05) is 25.7 Å². The van der Waals surface area contributed by atoms with Crippen LogP contribution in [-0.4, -0.2) is 34.3 Å². The van der Waals surface area contributed by atoms with E-state index in [0.717, 1.165) is 6.20 Å². The molecule has 5 nitrogen and oxygen atoms in total. The number of pyridine rings is 1. The van der Waals surface area contributed by atoms with Crippen LogP contribution in [0.2, 0.25) is 0 Å². The minimum Gasteiger partial charge on any atom is -0.344 e. The van der Waals surface area contributed by atoms with Gasteiger partial charge in [-0.1, -0.05) is 20.8 Å². The summed E-state index contributed by atoms with van der Waals surface area (Å²) in [5, 5.41) is 2.78. The highest BCUT2D eigenvalue weighted by Gasteiger charge is 2.37. The standard InChI is InChI=1S/C15H20FN3O2/c1-15(2,3)13-14(21)19(5-4-12(20)18-13)9-10-6-11(16)8-17-7-10/h6-8,13H,4-5,9H2,1-3H3,(H,18,20). The van der Waals surface area contributed by atoms with Crippen LogP contribution in [0.25, 0.3) is 0 Å². The second kappa shape index (κ2) is 5.79. The minimum atomic E-state index is -0.575. The molecule has 0 radical (unpaired) electrons. The highest BCUT2D eigenvalue weighted by atomic mass is 19.1. The first-order valence-electron chi connectivity index (χ1n) is 6.95. The Hall–Kier alpha value is -1.98. The Morgan fingerprint density at radius 2 is 2.10 bits per heavy atom. The van der Waals surface area contributed by atoms with Gasteiger partial charge in [-0.25, -0.2) is 4.39 Å². The van der Waals surface area contributed by atoms with Crippen molar-refractivity contribution in [2.75, 3.05) is 6.54 Å². The molecule has 6 heteroatoms. The van der Waals surface area contributed by atoms with Crippen molar-refractivity contribution >= 4 is 11.8 Å². The Morgan fingerprint density at radius 3 is 2.71 bits per heavy atom. The van der Waals surface area contributed by atoms with Gasteiger partial charge in [-0.05, 0) is 17.0 Å². The van der Waals surface area contributed by atoms with Gasteiger partial charge in [-0.3, -0.25) is 14.6 Å². The third-order valence-corrected chi connectivity index (χ3v) is 3.47. The van der Waals surface area contributed by atoms with E-state index in [-0.39, 0.29) is 30.2 Å². The Kier molecular flexibility index (Phi) is 4.25. The van der Waals surface area contributed by atoms with Crippen LogP contribution in [0.15, 0.2) is 18.5 Å². The molecule has 1 fully saturated rings. The van der Waals surface area contributed by atoms with Gasteiger partial charge < -0.3 is 10.2 Å². The van der Waals surface area contributed by atoms with Crippen LogP contribution in [0, 0.1) is 11.2 Å². The van der Waals surface area contributed by atoms with Gasteiger partial charge in [-0.15, -0.1) is 0 Å². The Bertz CT molecular complexity index is 554. The van der Waals surface area contributed by atoms with Crippen LogP contribution >= 0.6 is 0 Å². The largest absolute Gasteiger partial charge is 0.344 e. The zero-order valence-electron chi connectivity index (χ0n) is 12.5. The zero-order valence-corrected chi connectivity index (χ0v) is 12.5. The predicted molar refractivity (Wildman–Crippen MR) is 75.6 cm³/mol. The smallest absolute Gasteiger partial charge is 0.246 e. The summed E-state index contributed by atoms with van der Waals surface area (Å²) in [4.78, 5) is 29.8. The Balaban J connectivity index is 2.21. The van der Waals surface area contributed by atoms with Crippen molar-refractivity contribution < 1.29 is 14.0 Å². The first-order chi connectivity index (χ1) is 9.77. The van der Waals surface area contributed by atoms with E-state index < -0.39 is 11.9 Å². The van der Waals surface area contributed by atoms with Crippen molar-refractivity contribution in [2.24, 2.45) is 5.41 Å². The molecule has 1 atom stereocenters. The molecule has 0 saturated carbocycles. The SMILES string of the molecule is CC(C)(C)C1NC(=O)CCN(Cc2cncc(F)c2)C1=O. The van der Waals surface area contributed by atoms with Crippen molar-refractivity contribution in [3.63, 3.8) is 0 Å². The monoisotopic (exact) mass is 293 g/mol. The number of nitrogens with one attached hydrogen (secondary N) is 1. The van der Waals surface area contributed by atoms with Crippen LogP contribution in [0.4, 0.5) is 4.39 Å². The number of hydrogen-bond donors (Lipinski definition) is 1. The van der Waals surface area contributed by atoms with Crippen molar-refractivity contribution in [1.82, 2.24) is 15.2 Å². The van der Waals surface area contributed by atoms with Gasteiger partial charge in [0.1, 0.15) is 11.9 Å². The molecule has 1 saturated heterocycles. The lowest BCUT2D eigenvalue weighted by Gasteiger charge is -2.32. The summed E-state index contributed by atoms with van der Waals surface area (Å²) in [6.45, 7) is 6.30. The summed E-state index contributed by atoms with van der Waals surface area (Å²) in [5.74, 6) is -0.711. The number of halogens is 1. The number of rotatable bonds is 2. The molecular weight excluding hydrogens is 273 g/mol. The van der Waals surface area contributed by atoms with E-state index in [0.29, 0.717) is 12.1 Å². The molecule has 1 N–H and O–H groups in total. The van der Waals surface area contributed by atoms with Crippen molar-refractivity contribution in [1.29, 1.82) is 0 Å². The molecule has 0 aliphatic carbocycles. The maximum Gasteiger partial charge on any atom is 0.246 e. The summed E-state index contributed by atoms with van der Waals surface area (Å²) in [6.07, 6.45) is 2.90. The predicted octanol–water partition coefficient (Wildman–Crippen LogP) is 1.48. The molecule has 2 heterocycles. The quantitative estimate of drug-likeness (QED) is 0.898. The fraction of sp³-hybridized carbons (Fsp3) is 0.533. The fourth-order valence-corrected chi connectivity index (χ4v) is 2.33. The van der Waals surface area contributed by atoms with Gasteiger partial charge in [0.2, 0.25) is 11.8 Å². The molecule has 1 unspecified atom stereocenters. The molecule has 0 bridgehead atoms. The van der Waals surface area contributed by atoms with Crippen LogP contribution in [0.1, 0.15) is 32.8 Å². The lowest BCUT2D eigenvalue weighted by atomic mass is 9.86. The molecule has 2 rings (SSSR count). The average Bonchev–Trinajstić information content (AvgIpc) is 2.51. The zero-order chi connectivity index (χ0) is 15.6. The maximum atomic E-state index is 13.2. The van der Waals surface area contributed by atoms with Crippen molar-refractivity contribution in [2.45, 2.75) is 39.8 Å². The average molecular weight is 293 g/mol. The second-order valence-electron chi connectivity index (χ2n) is 6.39. The first kappa shape index (κ1) is 15.4. The Morgan fingerprint density at radius 1 is 1.38 bits per heavy atom. The van der Waals surface area contributed by atoms with Gasteiger partial charge in [0.25, 0.3) is 0 Å². The maximum absolute atomic E-state index is 13.2. The summed E-state index contributed by atoms with van der Waals surface area (Å²) in [5.41, 5.74) is 0.237. The van der Waals surface area contributed by atoms with Crippen molar-refractivity contribution in [3.8, 4) is 0 Å². The van der Waals surface area contributed by atoms with Crippen LogP contribution in [0.5, 0.6) is 0 Å². The molecule has 0 aromatic carbocycles. The third kappa shape index (κ3) is 3.77. The summed E-state index contributed by atoms with van der Waals surface area (Å²) in [6, 6.07) is 0.779. The van der Waals surface area contributed by atoms with E-state index in [1.807, 2.05) is 20.8 Å². The molecule has 0 spiro atoms.